The lowest BCUT2D eigenvalue weighted by Crippen LogP contribution is -2.32. The lowest BCUT2D eigenvalue weighted by atomic mass is 9.91. The molecule has 1 N–H and O–H groups in total. The molecule has 0 aliphatic carbocycles. The van der Waals surface area contributed by atoms with Crippen molar-refractivity contribution in [2.24, 2.45) is 12.5 Å². The minimum atomic E-state index is -1.12. The Bertz CT molecular complexity index is 1110. The first-order chi connectivity index (χ1) is 13.8. The Labute approximate surface area is 165 Å². The Kier molecular flexibility index (Phi) is 4.26. The molecule has 1 aliphatic rings. The van der Waals surface area contributed by atoms with Gasteiger partial charge in [0.1, 0.15) is 17.4 Å². The van der Waals surface area contributed by atoms with Gasteiger partial charge in [-0.05, 0) is 26.0 Å². The van der Waals surface area contributed by atoms with E-state index in [2.05, 4.69) is 26.6 Å². The highest BCUT2D eigenvalue weighted by atomic mass is 16.3. The van der Waals surface area contributed by atoms with E-state index in [9.17, 15) is 14.4 Å². The van der Waals surface area contributed by atoms with E-state index in [1.54, 1.807) is 39.2 Å². The Morgan fingerprint density at radius 2 is 2.14 bits per heavy atom. The predicted molar refractivity (Wildman–Crippen MR) is 101 cm³/mol. The van der Waals surface area contributed by atoms with E-state index in [-0.39, 0.29) is 41.3 Å². The number of aromatic nitrogens is 4. The Hall–Kier alpha value is -3.82. The highest BCUT2D eigenvalue weighted by Crippen LogP contribution is 2.34. The summed E-state index contributed by atoms with van der Waals surface area (Å²) in [6.45, 7) is 3.05. The summed E-state index contributed by atoms with van der Waals surface area (Å²) in [6.07, 6.45) is 6.99. The number of aryl methyl sites for hydroxylation is 1. The van der Waals surface area contributed by atoms with Gasteiger partial charge in [-0.2, -0.15) is 5.10 Å². The van der Waals surface area contributed by atoms with E-state index < -0.39 is 11.3 Å². The van der Waals surface area contributed by atoms with Crippen LogP contribution in [0, 0.1) is 11.6 Å². The van der Waals surface area contributed by atoms with Crippen LogP contribution in [0.15, 0.2) is 35.2 Å². The summed E-state index contributed by atoms with van der Waals surface area (Å²) in [5.41, 5.74) is -0.153. The number of amides is 2. The highest BCUT2D eigenvalue weighted by Gasteiger charge is 2.48. The number of anilines is 2. The van der Waals surface area contributed by atoms with E-state index in [0.29, 0.717) is 5.56 Å². The van der Waals surface area contributed by atoms with E-state index in [4.69, 9.17) is 4.42 Å². The van der Waals surface area contributed by atoms with Gasteiger partial charge in [-0.25, -0.2) is 4.98 Å². The van der Waals surface area contributed by atoms with Crippen molar-refractivity contribution in [1.82, 2.24) is 19.7 Å². The molecule has 2 amide bonds. The average Bonchev–Trinajstić information content (AvgIpc) is 3.37. The normalized spacial score (nSPS) is 15.8. The van der Waals surface area contributed by atoms with E-state index in [1.807, 2.05) is 0 Å². The summed E-state index contributed by atoms with van der Waals surface area (Å²) >= 11 is 0. The molecule has 0 atom stereocenters. The number of hydrogen-bond acceptors (Lipinski definition) is 7. The smallest absolute Gasteiger partial charge is 0.277 e. The number of oxazole rings is 1. The average molecular weight is 393 g/mol. The van der Waals surface area contributed by atoms with E-state index >= 15 is 0 Å². The first kappa shape index (κ1) is 18.5. The van der Waals surface area contributed by atoms with Crippen molar-refractivity contribution in [2.45, 2.75) is 13.8 Å². The van der Waals surface area contributed by atoms with Crippen molar-refractivity contribution in [1.29, 1.82) is 0 Å². The molecule has 4 rings (SSSR count). The maximum Gasteiger partial charge on any atom is 0.277 e. The van der Waals surface area contributed by atoms with Crippen LogP contribution in [0.25, 0.3) is 11.5 Å². The van der Waals surface area contributed by atoms with Gasteiger partial charge in [0.25, 0.3) is 5.91 Å². The van der Waals surface area contributed by atoms with Gasteiger partial charge in [0.2, 0.25) is 11.8 Å². The summed E-state index contributed by atoms with van der Waals surface area (Å²) < 4.78 is 6.81. The van der Waals surface area contributed by atoms with Crippen LogP contribution in [0.5, 0.6) is 0 Å². The number of Topliss-reactive ketones (excluding diaryl/α,β-unsaturated/α-hetero) is 1. The number of carbonyl (C=O) groups is 3. The number of ketones is 1. The number of hydrogen-bond donors (Lipinski definition) is 1. The third kappa shape index (κ3) is 3.18. The maximum atomic E-state index is 12.6. The second kappa shape index (κ2) is 6.66. The zero-order valence-corrected chi connectivity index (χ0v) is 16.0. The molecule has 29 heavy (non-hydrogen) atoms. The van der Waals surface area contributed by atoms with Crippen LogP contribution in [0.3, 0.4) is 0 Å². The predicted octanol–water partition coefficient (Wildman–Crippen LogP) is 1.46. The number of carbonyl (C=O) groups excluding carboxylic acids is 3. The van der Waals surface area contributed by atoms with Crippen molar-refractivity contribution in [3.05, 3.63) is 42.7 Å². The molecule has 10 nitrogen and oxygen atoms in total. The molecule has 3 aromatic heterocycles. The monoisotopic (exact) mass is 393 g/mol. The second-order valence-electron chi connectivity index (χ2n) is 7.15. The van der Waals surface area contributed by atoms with Crippen molar-refractivity contribution in [2.75, 3.05) is 16.8 Å². The fourth-order valence-electron chi connectivity index (χ4n) is 2.95. The van der Waals surface area contributed by atoms with Crippen molar-refractivity contribution >= 4 is 29.1 Å². The van der Waals surface area contributed by atoms with Gasteiger partial charge in [-0.1, -0.05) is 0 Å². The van der Waals surface area contributed by atoms with Crippen molar-refractivity contribution < 1.29 is 18.8 Å². The first-order valence-electron chi connectivity index (χ1n) is 8.75. The molecule has 3 aromatic rings. The van der Waals surface area contributed by atoms with Gasteiger partial charge in [0.05, 0.1) is 18.9 Å². The van der Waals surface area contributed by atoms with Crippen molar-refractivity contribution in [3.63, 3.8) is 0 Å². The molecular weight excluding hydrogens is 376 g/mol. The maximum absolute atomic E-state index is 12.6. The molecule has 0 saturated carbocycles. The van der Waals surface area contributed by atoms with E-state index in [1.165, 1.54) is 22.0 Å². The van der Waals surface area contributed by atoms with Crippen LogP contribution in [-0.2, 0) is 16.6 Å². The summed E-state index contributed by atoms with van der Waals surface area (Å²) in [5.74, 6) is -0.654. The molecule has 0 aromatic carbocycles. The lowest BCUT2D eigenvalue weighted by Gasteiger charge is -2.17. The topological polar surface area (TPSA) is 123 Å². The van der Waals surface area contributed by atoms with Gasteiger partial charge in [0.15, 0.2) is 17.3 Å². The number of rotatable bonds is 4. The summed E-state index contributed by atoms with van der Waals surface area (Å²) in [7, 11) is 1.65. The standard InChI is InChI=1S/C19H17N6O4/c1-19(2)14(26)9-25(18(19)28)15-12(8-24(3)23-15)21-16(27)13-10-29-17(22-13)11-4-6-20-7-5-11/h4-6,8,10H,9H2,1-3H3,(H,21,27). The van der Waals surface area contributed by atoms with Crippen LogP contribution in [0.4, 0.5) is 11.5 Å². The van der Waals surface area contributed by atoms with Crippen LogP contribution < -0.4 is 10.2 Å². The third-order valence-electron chi connectivity index (χ3n) is 4.70. The van der Waals surface area contributed by atoms with Gasteiger partial charge in [0, 0.05) is 18.8 Å². The first-order valence-corrected chi connectivity index (χ1v) is 8.75. The van der Waals surface area contributed by atoms with Gasteiger partial charge < -0.3 is 9.73 Å². The minimum absolute atomic E-state index is 0.0516. The van der Waals surface area contributed by atoms with Crippen LogP contribution in [0.1, 0.15) is 24.3 Å². The Morgan fingerprint density at radius 3 is 2.79 bits per heavy atom. The molecule has 1 aliphatic heterocycles. The second-order valence-corrected chi connectivity index (χ2v) is 7.15. The lowest BCUT2D eigenvalue weighted by molar-refractivity contribution is -0.132. The molecule has 10 heteroatoms. The summed E-state index contributed by atoms with van der Waals surface area (Å²) in [5, 5.41) is 6.92. The molecule has 0 unspecified atom stereocenters. The van der Waals surface area contributed by atoms with E-state index in [0.717, 1.165) is 0 Å². The molecule has 1 saturated heterocycles. The van der Waals surface area contributed by atoms with Crippen LogP contribution >= 0.6 is 0 Å². The molecule has 0 bridgehead atoms. The highest BCUT2D eigenvalue weighted by molar-refractivity contribution is 6.21. The van der Waals surface area contributed by atoms with Crippen molar-refractivity contribution in [3.8, 4) is 11.5 Å². The largest absolute Gasteiger partial charge is 0.444 e. The van der Waals surface area contributed by atoms with Crippen LogP contribution in [-0.4, -0.2) is 43.9 Å². The number of nitrogens with one attached hydrogen (secondary N) is 1. The van der Waals surface area contributed by atoms with Gasteiger partial charge in [-0.3, -0.25) is 28.9 Å². The van der Waals surface area contributed by atoms with Gasteiger partial charge in [-0.15, -0.1) is 0 Å². The molecule has 0 spiro atoms. The minimum Gasteiger partial charge on any atom is -0.444 e. The number of pyridine rings is 1. The zero-order chi connectivity index (χ0) is 20.8. The fraction of sp³-hybridized carbons (Fsp3) is 0.263. The molecule has 1 radical (unpaired) electrons. The zero-order valence-electron chi connectivity index (χ0n) is 16.0. The fourth-order valence-corrected chi connectivity index (χ4v) is 2.95. The Morgan fingerprint density at radius 1 is 1.34 bits per heavy atom. The van der Waals surface area contributed by atoms with Crippen LogP contribution in [0.2, 0.25) is 0 Å². The summed E-state index contributed by atoms with van der Waals surface area (Å²) in [6, 6.07) is 3.27. The molecule has 1 fully saturated rings. The number of nitrogens with zero attached hydrogens (tertiary/aromatic N) is 5. The quantitative estimate of drug-likeness (QED) is 0.666. The Balaban J connectivity index is 1.58. The van der Waals surface area contributed by atoms with Gasteiger partial charge >= 0.3 is 0 Å². The molecule has 4 heterocycles. The summed E-state index contributed by atoms with van der Waals surface area (Å²) in [4.78, 5) is 46.7. The SMILES string of the molecule is Cn1cc(NC(=O)c2coc(-c3c[c]ncc3)n2)c(N2CC(=O)C(C)(C)C2=O)n1. The molecular formula is C19H17N6O4. The third-order valence-corrected chi connectivity index (χ3v) is 4.70. The molecule has 147 valence electrons.